The van der Waals surface area contributed by atoms with Crippen molar-refractivity contribution in [1.82, 2.24) is 19.9 Å². The predicted octanol–water partition coefficient (Wildman–Crippen LogP) is 1.94. The summed E-state index contributed by atoms with van der Waals surface area (Å²) in [4.78, 5) is 20.6. The normalized spacial score (nSPS) is 12.3. The first-order valence-corrected chi connectivity index (χ1v) is 7.13. The zero-order chi connectivity index (χ0) is 16.6. The van der Waals surface area contributed by atoms with E-state index in [1.54, 1.807) is 36.7 Å². The van der Waals surface area contributed by atoms with Crippen molar-refractivity contribution in [2.24, 2.45) is 5.73 Å². The lowest BCUT2D eigenvalue weighted by atomic mass is 10.1. The van der Waals surface area contributed by atoms with Gasteiger partial charge in [0.05, 0.1) is 40.7 Å². The van der Waals surface area contributed by atoms with Crippen LogP contribution in [0.25, 0.3) is 16.7 Å². The Bertz CT molecular complexity index is 887. The molecule has 0 radical (unpaired) electrons. The molecule has 2 aromatic heterocycles. The van der Waals surface area contributed by atoms with Crippen LogP contribution in [0.3, 0.4) is 0 Å². The number of nitrogens with one attached hydrogen (secondary N) is 1. The van der Waals surface area contributed by atoms with E-state index in [9.17, 15) is 9.18 Å². The number of carbonyl (C=O) groups is 1. The molecule has 6 nitrogen and oxygen atoms in total. The third-order valence-electron chi connectivity index (χ3n) is 3.53. The fourth-order valence-corrected chi connectivity index (χ4v) is 2.55. The summed E-state index contributed by atoms with van der Waals surface area (Å²) in [5.74, 6) is -0.196. The van der Waals surface area contributed by atoms with Gasteiger partial charge < -0.3 is 11.1 Å². The van der Waals surface area contributed by atoms with Crippen LogP contribution in [0.1, 0.15) is 29.1 Å². The number of benzene rings is 1. The Morgan fingerprint density at radius 1 is 1.39 bits per heavy atom. The fourth-order valence-electron chi connectivity index (χ4n) is 2.55. The fraction of sp³-hybridized carbons (Fsp3) is 0.188. The second-order valence-corrected chi connectivity index (χ2v) is 5.21. The molecular formula is C16H16FN5O. The molecule has 0 aliphatic carbocycles. The first-order valence-electron chi connectivity index (χ1n) is 7.13. The largest absolute Gasteiger partial charge is 0.355 e. The number of amides is 1. The molecule has 118 valence electrons. The van der Waals surface area contributed by atoms with Crippen LogP contribution in [-0.2, 0) is 0 Å². The number of nitrogens with zero attached hydrogens (tertiary/aromatic N) is 3. The molecule has 0 saturated heterocycles. The lowest BCUT2D eigenvalue weighted by molar-refractivity contribution is 0.0964. The van der Waals surface area contributed by atoms with Gasteiger partial charge in [0.15, 0.2) is 0 Å². The number of nitrogens with two attached hydrogens (primary N) is 1. The Balaban J connectivity index is 2.41. The summed E-state index contributed by atoms with van der Waals surface area (Å²) >= 11 is 0. The summed E-state index contributed by atoms with van der Waals surface area (Å²) in [5, 5.41) is 2.60. The molecule has 7 heteroatoms. The average molecular weight is 313 g/mol. The quantitative estimate of drug-likeness (QED) is 0.774. The van der Waals surface area contributed by atoms with Crippen molar-refractivity contribution in [2.75, 3.05) is 7.05 Å². The zero-order valence-corrected chi connectivity index (χ0v) is 12.7. The Morgan fingerprint density at radius 3 is 2.83 bits per heavy atom. The van der Waals surface area contributed by atoms with E-state index in [0.29, 0.717) is 28.1 Å². The summed E-state index contributed by atoms with van der Waals surface area (Å²) in [6, 6.07) is 6.16. The molecule has 1 aromatic carbocycles. The average Bonchev–Trinajstić information content (AvgIpc) is 2.93. The van der Waals surface area contributed by atoms with Gasteiger partial charge in [-0.1, -0.05) is 6.07 Å². The van der Waals surface area contributed by atoms with Gasteiger partial charge in [0.1, 0.15) is 11.6 Å². The maximum Gasteiger partial charge on any atom is 0.253 e. The van der Waals surface area contributed by atoms with Gasteiger partial charge in [0.25, 0.3) is 5.91 Å². The van der Waals surface area contributed by atoms with E-state index in [2.05, 4.69) is 15.3 Å². The van der Waals surface area contributed by atoms with Gasteiger partial charge in [-0.3, -0.25) is 14.3 Å². The molecular weight excluding hydrogens is 297 g/mol. The minimum Gasteiger partial charge on any atom is -0.355 e. The lowest BCUT2D eigenvalue weighted by Crippen LogP contribution is -2.19. The van der Waals surface area contributed by atoms with Crippen molar-refractivity contribution in [3.8, 4) is 5.69 Å². The van der Waals surface area contributed by atoms with Crippen LogP contribution in [0.2, 0.25) is 0 Å². The molecule has 2 heterocycles. The zero-order valence-electron chi connectivity index (χ0n) is 12.7. The highest BCUT2D eigenvalue weighted by Crippen LogP contribution is 2.27. The molecule has 0 bridgehead atoms. The van der Waals surface area contributed by atoms with Crippen molar-refractivity contribution < 1.29 is 9.18 Å². The van der Waals surface area contributed by atoms with Crippen LogP contribution < -0.4 is 11.1 Å². The van der Waals surface area contributed by atoms with E-state index in [0.717, 1.165) is 6.20 Å². The predicted molar refractivity (Wildman–Crippen MR) is 84.8 cm³/mol. The maximum absolute atomic E-state index is 13.6. The highest BCUT2D eigenvalue weighted by molar-refractivity contribution is 6.05. The van der Waals surface area contributed by atoms with Gasteiger partial charge in [0, 0.05) is 13.1 Å². The maximum atomic E-state index is 13.6. The van der Waals surface area contributed by atoms with Crippen LogP contribution >= 0.6 is 0 Å². The first kappa shape index (κ1) is 15.1. The SMILES string of the molecule is CNC(=O)c1cccc2nc(C(C)N)n(-c3cncc(F)c3)c12. The van der Waals surface area contributed by atoms with Gasteiger partial charge >= 0.3 is 0 Å². The van der Waals surface area contributed by atoms with E-state index in [4.69, 9.17) is 5.73 Å². The van der Waals surface area contributed by atoms with Crippen LogP contribution in [0, 0.1) is 5.82 Å². The molecule has 1 unspecified atom stereocenters. The summed E-state index contributed by atoms with van der Waals surface area (Å²) in [6.07, 6.45) is 2.63. The molecule has 0 aliphatic rings. The molecule has 3 aromatic rings. The van der Waals surface area contributed by atoms with Crippen LogP contribution in [0.4, 0.5) is 4.39 Å². The third-order valence-corrected chi connectivity index (χ3v) is 3.53. The van der Waals surface area contributed by atoms with E-state index < -0.39 is 11.9 Å². The highest BCUT2D eigenvalue weighted by atomic mass is 19.1. The van der Waals surface area contributed by atoms with Crippen molar-refractivity contribution in [3.05, 3.63) is 53.9 Å². The van der Waals surface area contributed by atoms with Crippen molar-refractivity contribution in [1.29, 1.82) is 0 Å². The number of hydrogen-bond donors (Lipinski definition) is 2. The number of fused-ring (bicyclic) bond motifs is 1. The topological polar surface area (TPSA) is 85.8 Å². The first-order chi connectivity index (χ1) is 11.0. The summed E-state index contributed by atoms with van der Waals surface area (Å²) in [7, 11) is 1.55. The number of rotatable bonds is 3. The molecule has 23 heavy (non-hydrogen) atoms. The van der Waals surface area contributed by atoms with Crippen molar-refractivity contribution in [3.63, 3.8) is 0 Å². The van der Waals surface area contributed by atoms with Gasteiger partial charge in [-0.05, 0) is 19.1 Å². The van der Waals surface area contributed by atoms with E-state index >= 15 is 0 Å². The number of aromatic nitrogens is 3. The van der Waals surface area contributed by atoms with Crippen molar-refractivity contribution in [2.45, 2.75) is 13.0 Å². The van der Waals surface area contributed by atoms with Crippen LogP contribution in [0.5, 0.6) is 0 Å². The molecule has 1 amide bonds. The van der Waals surface area contributed by atoms with Crippen LogP contribution in [0.15, 0.2) is 36.7 Å². The minimum atomic E-state index is -0.475. The van der Waals surface area contributed by atoms with E-state index in [1.807, 2.05) is 0 Å². The monoisotopic (exact) mass is 313 g/mol. The van der Waals surface area contributed by atoms with Gasteiger partial charge in [-0.25, -0.2) is 9.37 Å². The Hall–Kier alpha value is -2.80. The molecule has 0 fully saturated rings. The molecule has 1 atom stereocenters. The van der Waals surface area contributed by atoms with Gasteiger partial charge in [0.2, 0.25) is 0 Å². The molecule has 3 N–H and O–H groups in total. The molecule has 0 saturated carbocycles. The summed E-state index contributed by atoms with van der Waals surface area (Å²) < 4.78 is 15.3. The van der Waals surface area contributed by atoms with Crippen molar-refractivity contribution >= 4 is 16.9 Å². The van der Waals surface area contributed by atoms with Crippen LogP contribution in [-0.4, -0.2) is 27.5 Å². The second-order valence-electron chi connectivity index (χ2n) is 5.21. The lowest BCUT2D eigenvalue weighted by Gasteiger charge is -2.13. The Labute approximate surface area is 132 Å². The number of hydrogen-bond acceptors (Lipinski definition) is 4. The smallest absolute Gasteiger partial charge is 0.253 e. The van der Waals surface area contributed by atoms with Gasteiger partial charge in [-0.15, -0.1) is 0 Å². The third kappa shape index (κ3) is 2.55. The van der Waals surface area contributed by atoms with E-state index in [-0.39, 0.29) is 5.91 Å². The number of imidazole rings is 1. The van der Waals surface area contributed by atoms with E-state index in [1.165, 1.54) is 12.3 Å². The Morgan fingerprint density at radius 2 is 2.17 bits per heavy atom. The number of para-hydroxylation sites is 1. The highest BCUT2D eigenvalue weighted by Gasteiger charge is 2.20. The minimum absolute atomic E-state index is 0.252. The molecule has 0 spiro atoms. The Kier molecular flexibility index (Phi) is 3.79. The second kappa shape index (κ2) is 5.77. The van der Waals surface area contributed by atoms with Gasteiger partial charge in [-0.2, -0.15) is 0 Å². The molecule has 0 aliphatic heterocycles. The standard InChI is InChI=1S/C16H16FN5O/c1-9(18)15-21-13-5-3-4-12(16(23)19-2)14(13)22(15)11-6-10(17)7-20-8-11/h3-9H,18H2,1-2H3,(H,19,23). The summed E-state index contributed by atoms with van der Waals surface area (Å²) in [5.41, 5.74) is 8.11. The number of carbonyl (C=O) groups excluding carboxylic acids is 1. The molecule has 3 rings (SSSR count). The number of pyridine rings is 1. The summed E-state index contributed by atoms with van der Waals surface area (Å²) in [6.45, 7) is 1.78. The number of halogens is 1.